The van der Waals surface area contributed by atoms with Crippen LogP contribution in [0.15, 0.2) is 60.0 Å². The van der Waals surface area contributed by atoms with Gasteiger partial charge in [0.05, 0.1) is 57.4 Å². The Morgan fingerprint density at radius 3 is 2.38 bits per heavy atom. The third-order valence-electron chi connectivity index (χ3n) is 6.80. The number of fused-ring (bicyclic) bond motifs is 3. The summed E-state index contributed by atoms with van der Waals surface area (Å²) in [6.45, 7) is 4.60. The van der Waals surface area contributed by atoms with Crippen molar-refractivity contribution < 1.29 is 18.0 Å². The lowest BCUT2D eigenvalue weighted by atomic mass is 9.91. The Morgan fingerprint density at radius 1 is 1.00 bits per heavy atom. The molecule has 0 atom stereocenters. The molecule has 0 saturated carbocycles. The lowest BCUT2D eigenvalue weighted by Gasteiger charge is -2.15. The number of carbonyl (C=O) groups excluding carboxylic acids is 1. The van der Waals surface area contributed by atoms with Crippen LogP contribution >= 0.6 is 0 Å². The summed E-state index contributed by atoms with van der Waals surface area (Å²) >= 11 is 0. The molecule has 13 heteroatoms. The first-order valence-electron chi connectivity index (χ1n) is 12.5. The third kappa shape index (κ3) is 4.81. The average Bonchev–Trinajstić information content (AvgIpc) is 3.24. The fourth-order valence-electron chi connectivity index (χ4n) is 4.65. The molecule has 5 rings (SSSR count). The predicted octanol–water partition coefficient (Wildman–Crippen LogP) is 5.13. The highest BCUT2D eigenvalue weighted by atomic mass is 19.4. The number of aryl methyl sites for hydroxylation is 1. The van der Waals surface area contributed by atoms with Crippen molar-refractivity contribution >= 4 is 33.7 Å². The minimum atomic E-state index is -4.76. The number of halogens is 3. The maximum absolute atomic E-state index is 13.9. The van der Waals surface area contributed by atoms with Crippen LogP contribution in [0.2, 0.25) is 0 Å². The highest BCUT2D eigenvalue weighted by Crippen LogP contribution is 2.37. The van der Waals surface area contributed by atoms with Crippen LogP contribution in [0.5, 0.6) is 0 Å². The minimum absolute atomic E-state index is 0.171. The van der Waals surface area contributed by atoms with Crippen molar-refractivity contribution in [1.29, 1.82) is 10.5 Å². The van der Waals surface area contributed by atoms with Crippen molar-refractivity contribution in [3.8, 4) is 29.1 Å². The summed E-state index contributed by atoms with van der Waals surface area (Å²) < 4.78 is 45.0. The zero-order chi connectivity index (χ0) is 30.4. The van der Waals surface area contributed by atoms with Gasteiger partial charge in [-0.25, -0.2) is 4.98 Å². The summed E-state index contributed by atoms with van der Waals surface area (Å²) in [5, 5.41) is 21.7. The predicted molar refractivity (Wildman–Crippen MR) is 148 cm³/mol. The average molecular weight is 570 g/mol. The Balaban J connectivity index is 1.79. The van der Waals surface area contributed by atoms with Gasteiger partial charge in [0.25, 0.3) is 0 Å². The van der Waals surface area contributed by atoms with Gasteiger partial charge in [0.1, 0.15) is 5.82 Å². The number of aromatic nitrogens is 5. The minimum Gasteiger partial charge on any atom is -0.311 e. The van der Waals surface area contributed by atoms with Crippen molar-refractivity contribution in [3.63, 3.8) is 0 Å². The Kier molecular flexibility index (Phi) is 6.75. The zero-order valence-electron chi connectivity index (χ0n) is 22.8. The molecule has 0 spiro atoms. The molecule has 5 aromatic rings. The molecule has 0 aliphatic carbocycles. The zero-order valence-corrected chi connectivity index (χ0v) is 22.8. The Hall–Kier alpha value is -5.56. The number of nitriles is 2. The van der Waals surface area contributed by atoms with Gasteiger partial charge in [-0.3, -0.25) is 19.3 Å². The number of hydrogen-bond acceptors (Lipinski definition) is 7. The summed E-state index contributed by atoms with van der Waals surface area (Å²) in [5.74, 6) is -1.26. The number of alkyl halides is 3. The second-order valence-corrected chi connectivity index (χ2v) is 10.1. The first kappa shape index (κ1) is 28.0. The van der Waals surface area contributed by atoms with Crippen LogP contribution in [0.1, 0.15) is 32.0 Å². The summed E-state index contributed by atoms with van der Waals surface area (Å²) in [5.41, 5.74) is 1.78. The van der Waals surface area contributed by atoms with Gasteiger partial charge in [-0.2, -0.15) is 23.7 Å². The number of amides is 1. The van der Waals surface area contributed by atoms with Crippen LogP contribution in [0.25, 0.3) is 38.8 Å². The maximum atomic E-state index is 13.9. The Bertz CT molecular complexity index is 2040. The molecule has 1 N–H and O–H groups in total. The Morgan fingerprint density at radius 2 is 1.76 bits per heavy atom. The number of anilines is 1. The van der Waals surface area contributed by atoms with Crippen molar-refractivity contribution in [2.45, 2.75) is 32.4 Å². The number of benzene rings is 1. The molecule has 0 fully saturated rings. The number of nitrogens with zero attached hydrogens (tertiary/aromatic N) is 8. The van der Waals surface area contributed by atoms with Gasteiger partial charge in [-0.05, 0) is 49.7 Å². The highest BCUT2D eigenvalue weighted by molar-refractivity contribution is 6.04. The molecule has 1 aromatic carbocycles. The van der Waals surface area contributed by atoms with E-state index in [9.17, 15) is 28.5 Å². The van der Waals surface area contributed by atoms with Gasteiger partial charge in [0, 0.05) is 31.1 Å². The first-order chi connectivity index (χ1) is 19.9. The smallest absolute Gasteiger partial charge is 0.311 e. The number of hydrogen-bond donors (Lipinski definition) is 1. The lowest BCUT2D eigenvalue weighted by Crippen LogP contribution is -2.23. The first-order valence-corrected chi connectivity index (χ1v) is 12.5. The monoisotopic (exact) mass is 569 g/mol. The van der Waals surface area contributed by atoms with Crippen molar-refractivity contribution in [1.82, 2.24) is 24.1 Å². The number of carbonyl (C=O) groups is 1. The van der Waals surface area contributed by atoms with E-state index in [2.05, 4.69) is 31.3 Å². The number of imidazole rings is 1. The fourth-order valence-corrected chi connectivity index (χ4v) is 4.65. The van der Waals surface area contributed by atoms with E-state index in [0.29, 0.717) is 38.9 Å². The fraction of sp³-hybridized carbons (Fsp3) is 0.207. The molecule has 10 nitrogen and oxygen atoms in total. The van der Waals surface area contributed by atoms with Gasteiger partial charge in [-0.15, -0.1) is 4.99 Å². The van der Waals surface area contributed by atoms with Crippen LogP contribution in [0, 0.1) is 22.8 Å². The molecule has 0 aliphatic rings. The lowest BCUT2D eigenvalue weighted by molar-refractivity contribution is -0.137. The van der Waals surface area contributed by atoms with Gasteiger partial charge in [0.15, 0.2) is 0 Å². The van der Waals surface area contributed by atoms with E-state index in [1.165, 1.54) is 6.20 Å². The summed E-state index contributed by atoms with van der Waals surface area (Å²) in [7, 11) is 1.72. The molecule has 0 aliphatic heterocycles. The molecule has 4 aromatic heterocycles. The largest absolute Gasteiger partial charge is 0.419 e. The van der Waals surface area contributed by atoms with Gasteiger partial charge < -0.3 is 9.88 Å². The second kappa shape index (κ2) is 10.1. The van der Waals surface area contributed by atoms with Crippen molar-refractivity contribution in [2.24, 2.45) is 12.0 Å². The van der Waals surface area contributed by atoms with Crippen LogP contribution in [0.3, 0.4) is 0 Å². The van der Waals surface area contributed by atoms with Crippen LogP contribution in [-0.4, -0.2) is 30.0 Å². The quantitative estimate of drug-likeness (QED) is 0.298. The van der Waals surface area contributed by atoms with E-state index >= 15 is 0 Å². The molecular weight excluding hydrogens is 547 g/mol. The van der Waals surface area contributed by atoms with Crippen LogP contribution < -0.4 is 10.9 Å². The molecule has 4 heterocycles. The molecule has 0 bridgehead atoms. The van der Waals surface area contributed by atoms with Gasteiger partial charge in [0.2, 0.25) is 17.7 Å². The Labute approximate surface area is 237 Å². The topological polar surface area (TPSA) is 138 Å². The summed E-state index contributed by atoms with van der Waals surface area (Å²) in [4.78, 5) is 28.4. The molecule has 1 amide bonds. The van der Waals surface area contributed by atoms with E-state index in [1.807, 2.05) is 6.19 Å². The molecule has 42 heavy (non-hydrogen) atoms. The normalized spacial score (nSPS) is 12.4. The third-order valence-corrected chi connectivity index (χ3v) is 6.80. The van der Waals surface area contributed by atoms with Crippen LogP contribution in [-0.2, 0) is 23.4 Å². The van der Waals surface area contributed by atoms with Crippen molar-refractivity contribution in [3.05, 3.63) is 71.9 Å². The molecular formula is C29H22F3N9O. The number of rotatable bonds is 4. The number of nitrogens with one attached hydrogen (secondary N) is 1. The van der Waals surface area contributed by atoms with Crippen LogP contribution in [0.4, 0.5) is 19.0 Å². The van der Waals surface area contributed by atoms with E-state index in [4.69, 9.17) is 0 Å². The summed E-state index contributed by atoms with van der Waals surface area (Å²) in [6, 6.07) is 11.6. The van der Waals surface area contributed by atoms with E-state index in [1.54, 1.807) is 72.8 Å². The SMILES string of the molecule is CC(=O)Nc1ncc(-c2ccc3ncc4c(c3c2)n(-c2ccc(C(C)(C)C#N)nc2)c(=NC#N)n4C)cc1C(F)(F)F. The summed E-state index contributed by atoms with van der Waals surface area (Å²) in [6.07, 6.45) is 1.50. The maximum Gasteiger partial charge on any atom is 0.419 e. The van der Waals surface area contributed by atoms with Gasteiger partial charge in [-0.1, -0.05) is 6.07 Å². The molecule has 0 saturated heterocycles. The van der Waals surface area contributed by atoms with Gasteiger partial charge >= 0.3 is 6.18 Å². The molecule has 0 radical (unpaired) electrons. The standard InChI is InChI=1S/C29H22F3N9O/c1-16(42)39-26-21(29(30,31)32)10-18(11-37-26)17-5-7-22-20(9-17)25-23(13-35-22)40(4)27(38-15-34)41(25)19-6-8-24(36-12-19)28(2,3)14-33/h5-13H,1-4H3,(H,37,39,42). The number of pyridine rings is 3. The van der Waals surface area contributed by atoms with Crippen molar-refractivity contribution in [2.75, 3.05) is 5.32 Å². The van der Waals surface area contributed by atoms with E-state index in [0.717, 1.165) is 13.0 Å². The van der Waals surface area contributed by atoms with E-state index in [-0.39, 0.29) is 11.2 Å². The second-order valence-electron chi connectivity index (χ2n) is 10.1. The highest BCUT2D eigenvalue weighted by Gasteiger charge is 2.35. The molecule has 210 valence electrons. The molecule has 0 unspecified atom stereocenters. The van der Waals surface area contributed by atoms with E-state index < -0.39 is 28.9 Å².